The SMILES string of the molecule is Fc1cc(F)c(F)c(N=CNc2c(F)c(F)cc(F)c2F)c1F. The maximum Gasteiger partial charge on any atom is 0.187 e. The normalized spacial score (nSPS) is 11.3. The molecule has 10 heteroatoms. The second-order valence-electron chi connectivity index (χ2n) is 4.06. The van der Waals surface area contributed by atoms with Crippen LogP contribution in [0, 0.1) is 46.5 Å². The predicted molar refractivity (Wildman–Crippen MR) is 64.3 cm³/mol. The number of anilines is 1. The van der Waals surface area contributed by atoms with Gasteiger partial charge in [0.2, 0.25) is 0 Å². The van der Waals surface area contributed by atoms with E-state index in [1.807, 2.05) is 0 Å². The highest BCUT2D eigenvalue weighted by Gasteiger charge is 2.20. The zero-order valence-corrected chi connectivity index (χ0v) is 10.7. The molecule has 2 nitrogen and oxygen atoms in total. The number of halogens is 8. The molecule has 0 amide bonds. The molecule has 0 bridgehead atoms. The van der Waals surface area contributed by atoms with Crippen molar-refractivity contribution in [2.45, 2.75) is 0 Å². The van der Waals surface area contributed by atoms with Crippen molar-refractivity contribution >= 4 is 17.7 Å². The molecule has 0 saturated heterocycles. The van der Waals surface area contributed by atoms with Crippen molar-refractivity contribution in [3.63, 3.8) is 0 Å². The van der Waals surface area contributed by atoms with Gasteiger partial charge in [0.15, 0.2) is 46.5 Å². The largest absolute Gasteiger partial charge is 0.341 e. The average Bonchev–Trinajstić information content (AvgIpc) is 2.49. The molecule has 0 spiro atoms. The van der Waals surface area contributed by atoms with Crippen molar-refractivity contribution < 1.29 is 35.1 Å². The summed E-state index contributed by atoms with van der Waals surface area (Å²) in [6.07, 6.45) is 0.209. The quantitative estimate of drug-likeness (QED) is 0.376. The maximum absolute atomic E-state index is 13.3. The fourth-order valence-corrected chi connectivity index (χ4v) is 1.54. The van der Waals surface area contributed by atoms with Crippen LogP contribution in [0.2, 0.25) is 0 Å². The Morgan fingerprint density at radius 2 is 1.04 bits per heavy atom. The van der Waals surface area contributed by atoms with Gasteiger partial charge in [0.05, 0.1) is 6.34 Å². The Labute approximate surface area is 123 Å². The van der Waals surface area contributed by atoms with Crippen LogP contribution < -0.4 is 5.32 Å². The van der Waals surface area contributed by atoms with Gasteiger partial charge in [-0.05, 0) is 0 Å². The minimum Gasteiger partial charge on any atom is -0.341 e. The van der Waals surface area contributed by atoms with Crippen molar-refractivity contribution in [1.29, 1.82) is 0 Å². The van der Waals surface area contributed by atoms with Crippen LogP contribution >= 0.6 is 0 Å². The highest BCUT2D eigenvalue weighted by Crippen LogP contribution is 2.27. The van der Waals surface area contributed by atoms with E-state index in [-0.39, 0.29) is 18.5 Å². The van der Waals surface area contributed by atoms with Gasteiger partial charge < -0.3 is 5.32 Å². The third kappa shape index (κ3) is 3.10. The summed E-state index contributed by atoms with van der Waals surface area (Å²) in [4.78, 5) is 2.92. The molecular formula is C13H4F8N2. The first kappa shape index (κ1) is 16.7. The zero-order valence-electron chi connectivity index (χ0n) is 10.7. The Balaban J connectivity index is 2.38. The Morgan fingerprint density at radius 3 is 1.48 bits per heavy atom. The van der Waals surface area contributed by atoms with Crippen molar-refractivity contribution in [1.82, 2.24) is 0 Å². The van der Waals surface area contributed by atoms with Crippen molar-refractivity contribution in [3.05, 3.63) is 58.7 Å². The molecule has 2 rings (SSSR count). The summed E-state index contributed by atoms with van der Waals surface area (Å²) in [7, 11) is 0. The Kier molecular flexibility index (Phi) is 4.52. The van der Waals surface area contributed by atoms with Crippen molar-refractivity contribution in [2.24, 2.45) is 4.99 Å². The van der Waals surface area contributed by atoms with E-state index in [1.165, 1.54) is 0 Å². The van der Waals surface area contributed by atoms with Crippen LogP contribution in [0.15, 0.2) is 17.1 Å². The van der Waals surface area contributed by atoms with Gasteiger partial charge >= 0.3 is 0 Å². The van der Waals surface area contributed by atoms with Crippen LogP contribution in [0.4, 0.5) is 46.5 Å². The third-order valence-electron chi connectivity index (χ3n) is 2.60. The molecule has 0 fully saturated rings. The second kappa shape index (κ2) is 6.23. The van der Waals surface area contributed by atoms with Gasteiger partial charge in [-0.2, -0.15) is 0 Å². The lowest BCUT2D eigenvalue weighted by Crippen LogP contribution is -2.05. The maximum atomic E-state index is 13.3. The van der Waals surface area contributed by atoms with E-state index in [0.29, 0.717) is 0 Å². The van der Waals surface area contributed by atoms with Crippen molar-refractivity contribution in [3.8, 4) is 0 Å². The molecule has 0 unspecified atom stereocenters. The standard InChI is InChI=1S/C13H4F8N2/c14-4-1-5(15)9(19)12(8(4)18)22-3-23-13-10(20)6(16)2-7(17)11(13)21/h1-3H,(H,22,23). The van der Waals surface area contributed by atoms with Gasteiger partial charge in [0, 0.05) is 12.1 Å². The number of rotatable bonds is 3. The fourth-order valence-electron chi connectivity index (χ4n) is 1.54. The van der Waals surface area contributed by atoms with E-state index in [1.54, 1.807) is 5.32 Å². The van der Waals surface area contributed by atoms with Crippen molar-refractivity contribution in [2.75, 3.05) is 5.32 Å². The van der Waals surface area contributed by atoms with Crippen LogP contribution in [-0.2, 0) is 0 Å². The Bertz CT molecular complexity index is 751. The summed E-state index contributed by atoms with van der Waals surface area (Å²) in [5.41, 5.74) is -2.78. The fraction of sp³-hybridized carbons (Fsp3) is 0. The lowest BCUT2D eigenvalue weighted by molar-refractivity contribution is 0.457. The van der Waals surface area contributed by atoms with Crippen LogP contribution in [0.1, 0.15) is 0 Å². The molecule has 0 aromatic heterocycles. The predicted octanol–water partition coefficient (Wildman–Crippen LogP) is 4.57. The molecule has 0 aliphatic heterocycles. The van der Waals surface area contributed by atoms with E-state index in [9.17, 15) is 35.1 Å². The van der Waals surface area contributed by atoms with Crippen LogP contribution in [0.25, 0.3) is 0 Å². The van der Waals surface area contributed by atoms with Crippen LogP contribution in [0.5, 0.6) is 0 Å². The number of hydrogen-bond donors (Lipinski definition) is 1. The van der Waals surface area contributed by atoms with E-state index >= 15 is 0 Å². The summed E-state index contributed by atoms with van der Waals surface area (Å²) >= 11 is 0. The lowest BCUT2D eigenvalue weighted by atomic mass is 10.2. The first-order valence-electron chi connectivity index (χ1n) is 5.69. The summed E-state index contributed by atoms with van der Waals surface area (Å²) in [6, 6.07) is -0.132. The molecule has 23 heavy (non-hydrogen) atoms. The number of nitrogens with zero attached hydrogens (tertiary/aromatic N) is 1. The molecule has 2 aromatic carbocycles. The Hall–Kier alpha value is -2.65. The summed E-state index contributed by atoms with van der Waals surface area (Å²) < 4.78 is 105. The minimum absolute atomic E-state index is 0.0612. The van der Waals surface area contributed by atoms with E-state index in [4.69, 9.17) is 0 Å². The monoisotopic (exact) mass is 340 g/mol. The molecule has 122 valence electrons. The summed E-state index contributed by atoms with van der Waals surface area (Å²) in [5.74, 6) is -14.4. The van der Waals surface area contributed by atoms with E-state index in [2.05, 4.69) is 4.99 Å². The van der Waals surface area contributed by atoms with Gasteiger partial charge in [-0.3, -0.25) is 0 Å². The first-order chi connectivity index (χ1) is 10.7. The van der Waals surface area contributed by atoms with Gasteiger partial charge in [0.1, 0.15) is 11.4 Å². The van der Waals surface area contributed by atoms with Gasteiger partial charge in [0.25, 0.3) is 0 Å². The molecule has 0 saturated carbocycles. The van der Waals surface area contributed by atoms with Gasteiger partial charge in [-0.15, -0.1) is 0 Å². The summed E-state index contributed by atoms with van der Waals surface area (Å²) in [5, 5.41) is 1.60. The smallest absolute Gasteiger partial charge is 0.187 e. The molecule has 0 radical (unpaired) electrons. The molecule has 0 atom stereocenters. The summed E-state index contributed by atoms with van der Waals surface area (Å²) in [6.45, 7) is 0. The van der Waals surface area contributed by atoms with Crippen LogP contribution in [-0.4, -0.2) is 6.34 Å². The molecule has 0 heterocycles. The minimum atomic E-state index is -1.87. The molecule has 1 N–H and O–H groups in total. The van der Waals surface area contributed by atoms with E-state index < -0.39 is 57.9 Å². The van der Waals surface area contributed by atoms with E-state index in [0.717, 1.165) is 0 Å². The second-order valence-corrected chi connectivity index (χ2v) is 4.06. The highest BCUT2D eigenvalue weighted by atomic mass is 19.2. The lowest BCUT2D eigenvalue weighted by Gasteiger charge is -2.06. The number of nitrogens with one attached hydrogen (secondary N) is 1. The zero-order chi connectivity index (χ0) is 17.3. The molecule has 0 aliphatic carbocycles. The van der Waals surface area contributed by atoms with Crippen LogP contribution in [0.3, 0.4) is 0 Å². The third-order valence-corrected chi connectivity index (χ3v) is 2.60. The topological polar surface area (TPSA) is 24.4 Å². The Morgan fingerprint density at radius 1 is 0.652 bits per heavy atom. The molecule has 0 aliphatic rings. The highest BCUT2D eigenvalue weighted by molar-refractivity contribution is 5.78. The van der Waals surface area contributed by atoms with Gasteiger partial charge in [-0.25, -0.2) is 40.1 Å². The number of benzene rings is 2. The first-order valence-corrected chi connectivity index (χ1v) is 5.69. The number of aliphatic imine (C=N–C) groups is 1. The molecule has 2 aromatic rings. The molecular weight excluding hydrogens is 336 g/mol. The number of hydrogen-bond acceptors (Lipinski definition) is 1. The van der Waals surface area contributed by atoms with Gasteiger partial charge in [-0.1, -0.05) is 0 Å². The average molecular weight is 340 g/mol.